The second-order valence-corrected chi connectivity index (χ2v) is 5.05. The largest absolute Gasteiger partial charge is 0.494 e. The Morgan fingerprint density at radius 2 is 1.84 bits per heavy atom. The fraction of sp³-hybridized carbons (Fsp3) is 0.625. The molecule has 0 bridgehead atoms. The smallest absolute Gasteiger partial charge is 0.123 e. The Hall–Kier alpha value is -1.22. The maximum atomic E-state index is 5.74. The van der Waals surface area contributed by atoms with Crippen LogP contribution in [0.4, 0.5) is 0 Å². The highest BCUT2D eigenvalue weighted by molar-refractivity contribution is 5.32. The Balaban J connectivity index is 1.65. The van der Waals surface area contributed by atoms with Gasteiger partial charge in [0.1, 0.15) is 18.1 Å². The van der Waals surface area contributed by atoms with E-state index in [0.717, 1.165) is 18.0 Å². The van der Waals surface area contributed by atoms with Crippen LogP contribution in [0.2, 0.25) is 0 Å². The maximum Gasteiger partial charge on any atom is 0.123 e. The molecule has 0 heterocycles. The molecule has 0 amide bonds. The fourth-order valence-electron chi connectivity index (χ4n) is 2.56. The third-order valence-electron chi connectivity index (χ3n) is 3.53. The van der Waals surface area contributed by atoms with Crippen molar-refractivity contribution in [3.05, 3.63) is 24.3 Å². The number of benzene rings is 1. The Bertz CT molecular complexity index is 362. The first-order valence-corrected chi connectivity index (χ1v) is 7.47. The number of ether oxygens (including phenoxy) is 2. The number of hydrogen-bond donors (Lipinski definition) is 1. The van der Waals surface area contributed by atoms with Crippen molar-refractivity contribution in [1.29, 1.82) is 0 Å². The molecule has 0 atom stereocenters. The highest BCUT2D eigenvalue weighted by atomic mass is 16.5. The van der Waals surface area contributed by atoms with Crippen molar-refractivity contribution in [2.75, 3.05) is 19.8 Å². The van der Waals surface area contributed by atoms with Crippen LogP contribution in [-0.2, 0) is 0 Å². The Kier molecular flexibility index (Phi) is 6.02. The molecule has 0 aromatic heterocycles. The molecule has 0 saturated heterocycles. The van der Waals surface area contributed by atoms with Gasteiger partial charge in [-0.3, -0.25) is 0 Å². The van der Waals surface area contributed by atoms with Gasteiger partial charge >= 0.3 is 0 Å². The molecule has 1 aliphatic carbocycles. The van der Waals surface area contributed by atoms with Crippen LogP contribution in [0.5, 0.6) is 11.5 Å². The molecular weight excluding hydrogens is 238 g/mol. The van der Waals surface area contributed by atoms with E-state index in [1.807, 2.05) is 31.2 Å². The van der Waals surface area contributed by atoms with Gasteiger partial charge < -0.3 is 14.8 Å². The summed E-state index contributed by atoms with van der Waals surface area (Å²) >= 11 is 0. The van der Waals surface area contributed by atoms with Crippen LogP contribution in [0, 0.1) is 0 Å². The molecular formula is C16H25NO2. The maximum absolute atomic E-state index is 5.74. The molecule has 1 aliphatic rings. The summed E-state index contributed by atoms with van der Waals surface area (Å²) in [7, 11) is 0. The number of rotatable bonds is 7. The van der Waals surface area contributed by atoms with Crippen LogP contribution in [-0.4, -0.2) is 25.8 Å². The lowest BCUT2D eigenvalue weighted by molar-refractivity contribution is 0.286. The highest BCUT2D eigenvalue weighted by Gasteiger charge is 2.11. The zero-order chi connectivity index (χ0) is 13.3. The molecule has 0 aliphatic heterocycles. The SMILES string of the molecule is CCOc1cccc(OCCNC2CCCCC2)c1. The van der Waals surface area contributed by atoms with Gasteiger partial charge in [0.05, 0.1) is 6.61 Å². The first-order chi connectivity index (χ1) is 9.38. The Morgan fingerprint density at radius 1 is 1.11 bits per heavy atom. The van der Waals surface area contributed by atoms with Crippen molar-refractivity contribution in [2.24, 2.45) is 0 Å². The van der Waals surface area contributed by atoms with Crippen LogP contribution < -0.4 is 14.8 Å². The van der Waals surface area contributed by atoms with Crippen LogP contribution in [0.1, 0.15) is 39.0 Å². The van der Waals surface area contributed by atoms with E-state index < -0.39 is 0 Å². The molecule has 1 aromatic rings. The lowest BCUT2D eigenvalue weighted by Crippen LogP contribution is -2.34. The van der Waals surface area contributed by atoms with E-state index in [0.29, 0.717) is 19.3 Å². The predicted molar refractivity (Wildman–Crippen MR) is 78.0 cm³/mol. The molecule has 3 heteroatoms. The Labute approximate surface area is 116 Å². The van der Waals surface area contributed by atoms with Crippen LogP contribution >= 0.6 is 0 Å². The minimum Gasteiger partial charge on any atom is -0.494 e. The van der Waals surface area contributed by atoms with Gasteiger partial charge in [-0.2, -0.15) is 0 Å². The van der Waals surface area contributed by atoms with Gasteiger partial charge in [-0.15, -0.1) is 0 Å². The molecule has 0 radical (unpaired) electrons. The summed E-state index contributed by atoms with van der Waals surface area (Å²) in [4.78, 5) is 0. The summed E-state index contributed by atoms with van der Waals surface area (Å²) < 4.78 is 11.2. The molecule has 106 valence electrons. The lowest BCUT2D eigenvalue weighted by atomic mass is 9.96. The van der Waals surface area contributed by atoms with Gasteiger partial charge in [-0.05, 0) is 31.9 Å². The summed E-state index contributed by atoms with van der Waals surface area (Å²) in [6, 6.07) is 8.55. The van der Waals surface area contributed by atoms with Gasteiger partial charge in [-0.25, -0.2) is 0 Å². The van der Waals surface area contributed by atoms with Gasteiger partial charge in [0.2, 0.25) is 0 Å². The fourth-order valence-corrected chi connectivity index (χ4v) is 2.56. The molecule has 1 aromatic carbocycles. The second-order valence-electron chi connectivity index (χ2n) is 5.05. The monoisotopic (exact) mass is 263 g/mol. The standard InChI is InChI=1S/C16H25NO2/c1-2-18-15-9-6-10-16(13-15)19-12-11-17-14-7-4-3-5-8-14/h6,9-10,13-14,17H,2-5,7-8,11-12H2,1H3. The average Bonchev–Trinajstić information content (AvgIpc) is 2.46. The third kappa shape index (κ3) is 5.11. The van der Waals surface area contributed by atoms with Crippen molar-refractivity contribution in [3.8, 4) is 11.5 Å². The van der Waals surface area contributed by atoms with E-state index in [4.69, 9.17) is 9.47 Å². The summed E-state index contributed by atoms with van der Waals surface area (Å²) in [6.07, 6.45) is 6.78. The lowest BCUT2D eigenvalue weighted by Gasteiger charge is -2.22. The van der Waals surface area contributed by atoms with Gasteiger partial charge in [0.25, 0.3) is 0 Å². The van der Waals surface area contributed by atoms with Crippen LogP contribution in [0.15, 0.2) is 24.3 Å². The Morgan fingerprint density at radius 3 is 2.58 bits per heavy atom. The highest BCUT2D eigenvalue weighted by Crippen LogP contribution is 2.19. The summed E-state index contributed by atoms with van der Waals surface area (Å²) in [5, 5.41) is 3.58. The van der Waals surface area contributed by atoms with E-state index in [1.165, 1.54) is 32.1 Å². The van der Waals surface area contributed by atoms with Crippen molar-refractivity contribution in [3.63, 3.8) is 0 Å². The molecule has 19 heavy (non-hydrogen) atoms. The van der Waals surface area contributed by atoms with Crippen LogP contribution in [0.3, 0.4) is 0 Å². The van der Waals surface area contributed by atoms with Crippen molar-refractivity contribution in [1.82, 2.24) is 5.32 Å². The first-order valence-electron chi connectivity index (χ1n) is 7.47. The summed E-state index contributed by atoms with van der Waals surface area (Å²) in [5.41, 5.74) is 0. The minimum atomic E-state index is 0.687. The van der Waals surface area contributed by atoms with Crippen molar-refractivity contribution < 1.29 is 9.47 Å². The minimum absolute atomic E-state index is 0.687. The topological polar surface area (TPSA) is 30.5 Å². The molecule has 0 spiro atoms. The zero-order valence-electron chi connectivity index (χ0n) is 11.9. The van der Waals surface area contributed by atoms with Crippen LogP contribution in [0.25, 0.3) is 0 Å². The van der Waals surface area contributed by atoms with Gasteiger partial charge in [-0.1, -0.05) is 25.3 Å². The quantitative estimate of drug-likeness (QED) is 0.765. The third-order valence-corrected chi connectivity index (χ3v) is 3.53. The molecule has 1 N–H and O–H groups in total. The molecule has 3 nitrogen and oxygen atoms in total. The normalized spacial score (nSPS) is 16.3. The number of hydrogen-bond acceptors (Lipinski definition) is 3. The van der Waals surface area contributed by atoms with E-state index in [1.54, 1.807) is 0 Å². The summed E-state index contributed by atoms with van der Waals surface area (Å²) in [5.74, 6) is 1.76. The van der Waals surface area contributed by atoms with Crippen molar-refractivity contribution in [2.45, 2.75) is 45.1 Å². The van der Waals surface area contributed by atoms with E-state index in [-0.39, 0.29) is 0 Å². The average molecular weight is 263 g/mol. The molecule has 1 fully saturated rings. The number of nitrogens with one attached hydrogen (secondary N) is 1. The summed E-state index contributed by atoms with van der Waals surface area (Å²) in [6.45, 7) is 4.31. The molecule has 2 rings (SSSR count). The van der Waals surface area contributed by atoms with E-state index in [2.05, 4.69) is 5.32 Å². The molecule has 1 saturated carbocycles. The van der Waals surface area contributed by atoms with Gasteiger partial charge in [0, 0.05) is 18.7 Å². The van der Waals surface area contributed by atoms with Gasteiger partial charge in [0.15, 0.2) is 0 Å². The van der Waals surface area contributed by atoms with Crippen molar-refractivity contribution >= 4 is 0 Å². The molecule has 0 unspecified atom stereocenters. The predicted octanol–water partition coefficient (Wildman–Crippen LogP) is 3.39. The van der Waals surface area contributed by atoms with E-state index >= 15 is 0 Å². The van der Waals surface area contributed by atoms with E-state index in [9.17, 15) is 0 Å². The zero-order valence-corrected chi connectivity index (χ0v) is 11.9. The first kappa shape index (κ1) is 14.2. The second kappa shape index (κ2) is 8.05.